The Balaban J connectivity index is 1.27. The summed E-state index contributed by atoms with van der Waals surface area (Å²) in [6.07, 6.45) is 0.768. The van der Waals surface area contributed by atoms with Gasteiger partial charge in [-0.15, -0.1) is 0 Å². The molecule has 5 rings (SSSR count). The van der Waals surface area contributed by atoms with Crippen LogP contribution in [0.15, 0.2) is 36.4 Å². The van der Waals surface area contributed by atoms with Crippen molar-refractivity contribution < 1.29 is 9.18 Å². The molecule has 0 spiro atoms. The monoisotopic (exact) mass is 538 g/mol. The van der Waals surface area contributed by atoms with Crippen LogP contribution < -0.4 is 20.4 Å². The Labute approximate surface area is 227 Å². The highest BCUT2D eigenvalue weighted by Gasteiger charge is 2.24. The summed E-state index contributed by atoms with van der Waals surface area (Å²) >= 11 is 5.96. The largest absolute Gasteiger partial charge is 0.357 e. The fourth-order valence-corrected chi connectivity index (χ4v) is 4.98. The average molecular weight is 539 g/mol. The highest BCUT2D eigenvalue weighted by Crippen LogP contribution is 2.26. The highest BCUT2D eigenvalue weighted by molar-refractivity contribution is 6.30. The van der Waals surface area contributed by atoms with Crippen molar-refractivity contribution in [2.75, 3.05) is 61.9 Å². The molecule has 0 saturated carbocycles. The highest BCUT2D eigenvalue weighted by atomic mass is 35.5. The number of anilines is 3. The van der Waals surface area contributed by atoms with Gasteiger partial charge in [-0.25, -0.2) is 4.39 Å². The molecule has 2 N–H and O–H groups in total. The summed E-state index contributed by atoms with van der Waals surface area (Å²) < 4.78 is 13.3. The van der Waals surface area contributed by atoms with E-state index in [9.17, 15) is 9.18 Å². The van der Waals surface area contributed by atoms with Gasteiger partial charge in [-0.05, 0) is 60.0 Å². The van der Waals surface area contributed by atoms with Crippen molar-refractivity contribution in [3.8, 4) is 0 Å². The van der Waals surface area contributed by atoms with Crippen LogP contribution in [0.4, 0.5) is 22.2 Å². The molecule has 200 valence electrons. The number of carbonyl (C=O) groups excluding carboxylic acids is 1. The molecule has 2 aromatic carbocycles. The number of carbonyl (C=O) groups is 1. The van der Waals surface area contributed by atoms with Crippen LogP contribution in [0.5, 0.6) is 0 Å². The molecule has 1 aromatic heterocycles. The number of aromatic nitrogens is 3. The minimum absolute atomic E-state index is 0.192. The Morgan fingerprint density at radius 1 is 0.947 bits per heavy atom. The number of fused-ring (bicyclic) bond motifs is 1. The molecule has 3 heterocycles. The number of hydrogen-bond acceptors (Lipinski definition) is 8. The van der Waals surface area contributed by atoms with Gasteiger partial charge in [0, 0.05) is 63.4 Å². The Hall–Kier alpha value is -3.50. The van der Waals surface area contributed by atoms with E-state index in [0.29, 0.717) is 46.1 Å². The third-order valence-corrected chi connectivity index (χ3v) is 7.37. The zero-order valence-electron chi connectivity index (χ0n) is 21.7. The van der Waals surface area contributed by atoms with Gasteiger partial charge in [0.2, 0.25) is 17.8 Å². The van der Waals surface area contributed by atoms with Crippen LogP contribution >= 0.6 is 11.6 Å². The predicted octanol–water partition coefficient (Wildman–Crippen LogP) is 3.28. The lowest BCUT2D eigenvalue weighted by molar-refractivity contribution is 0.0950. The number of halogens is 2. The van der Waals surface area contributed by atoms with Crippen molar-refractivity contribution in [3.63, 3.8) is 0 Å². The first-order valence-electron chi connectivity index (χ1n) is 12.8. The molecule has 11 heteroatoms. The first kappa shape index (κ1) is 26.1. The molecule has 2 aliphatic heterocycles. The molecule has 9 nitrogen and oxygen atoms in total. The lowest BCUT2D eigenvalue weighted by atomic mass is 9.97. The van der Waals surface area contributed by atoms with Crippen molar-refractivity contribution >= 4 is 35.4 Å². The molecule has 38 heavy (non-hydrogen) atoms. The molecule has 0 unspecified atom stereocenters. The van der Waals surface area contributed by atoms with Gasteiger partial charge in [0.25, 0.3) is 5.91 Å². The molecule has 3 aromatic rings. The molecule has 0 bridgehead atoms. The minimum atomic E-state index is -0.630. The smallest absolute Gasteiger partial charge is 0.251 e. The molecule has 2 aliphatic rings. The summed E-state index contributed by atoms with van der Waals surface area (Å²) in [6.45, 7) is 4.69. The third kappa shape index (κ3) is 5.81. The number of amides is 1. The van der Waals surface area contributed by atoms with Crippen LogP contribution in [0.2, 0.25) is 5.02 Å². The maximum atomic E-state index is 13.3. The topological polar surface area (TPSA) is 89.5 Å². The molecular formula is C27H32ClFN8O. The Kier molecular flexibility index (Phi) is 7.90. The first-order chi connectivity index (χ1) is 18.4. The summed E-state index contributed by atoms with van der Waals surface area (Å²) in [4.78, 5) is 33.6. The SMILES string of the molecule is CNc1nc(N2CCN(C)CC2)nc(N2CCc3cc(C(=O)NCc4ccc(Cl)cc4CF)ccc3C2)n1. The Bertz CT molecular complexity index is 1310. The molecule has 1 amide bonds. The number of hydrogen-bond donors (Lipinski definition) is 2. The van der Waals surface area contributed by atoms with Crippen molar-refractivity contribution in [1.29, 1.82) is 0 Å². The summed E-state index contributed by atoms with van der Waals surface area (Å²) in [5, 5.41) is 6.45. The van der Waals surface area contributed by atoms with Crippen LogP contribution in [0.25, 0.3) is 0 Å². The fourth-order valence-electron chi connectivity index (χ4n) is 4.79. The first-order valence-corrected chi connectivity index (χ1v) is 13.2. The maximum absolute atomic E-state index is 13.3. The van der Waals surface area contributed by atoms with Gasteiger partial charge in [0.1, 0.15) is 6.67 Å². The summed E-state index contributed by atoms with van der Waals surface area (Å²) in [6, 6.07) is 10.8. The van der Waals surface area contributed by atoms with E-state index >= 15 is 0 Å². The normalized spacial score (nSPS) is 15.8. The molecule has 0 atom stereocenters. The van der Waals surface area contributed by atoms with E-state index in [1.54, 1.807) is 18.2 Å². The summed E-state index contributed by atoms with van der Waals surface area (Å²) in [5.74, 6) is 1.71. The number of likely N-dealkylation sites (N-methyl/N-ethyl adjacent to an activating group) is 1. The zero-order chi connectivity index (χ0) is 26.6. The minimum Gasteiger partial charge on any atom is -0.357 e. The molecule has 1 saturated heterocycles. The molecular weight excluding hydrogens is 507 g/mol. The Morgan fingerprint density at radius 2 is 1.71 bits per heavy atom. The van der Waals surface area contributed by atoms with Crippen molar-refractivity contribution in [1.82, 2.24) is 25.2 Å². The van der Waals surface area contributed by atoms with E-state index in [2.05, 4.69) is 42.3 Å². The fraction of sp³-hybridized carbons (Fsp3) is 0.407. The van der Waals surface area contributed by atoms with Gasteiger partial charge in [-0.2, -0.15) is 15.0 Å². The van der Waals surface area contributed by atoms with E-state index in [4.69, 9.17) is 16.6 Å². The van der Waals surface area contributed by atoms with Crippen molar-refractivity contribution in [2.24, 2.45) is 0 Å². The lowest BCUT2D eigenvalue weighted by Gasteiger charge is -2.33. The summed E-state index contributed by atoms with van der Waals surface area (Å²) in [7, 11) is 3.94. The van der Waals surface area contributed by atoms with E-state index in [0.717, 1.165) is 50.3 Å². The van der Waals surface area contributed by atoms with E-state index in [-0.39, 0.29) is 12.5 Å². The van der Waals surface area contributed by atoms with Crippen LogP contribution in [-0.4, -0.2) is 72.6 Å². The van der Waals surface area contributed by atoms with Gasteiger partial charge in [-0.3, -0.25) is 4.79 Å². The van der Waals surface area contributed by atoms with Crippen LogP contribution in [0, 0.1) is 0 Å². The van der Waals surface area contributed by atoms with Crippen LogP contribution in [0.1, 0.15) is 32.6 Å². The van der Waals surface area contributed by atoms with E-state index in [1.807, 2.05) is 25.2 Å². The molecule has 1 fully saturated rings. The number of piperazine rings is 1. The van der Waals surface area contributed by atoms with Gasteiger partial charge >= 0.3 is 0 Å². The predicted molar refractivity (Wildman–Crippen MR) is 148 cm³/mol. The molecule has 0 radical (unpaired) electrons. The number of benzene rings is 2. The quantitative estimate of drug-likeness (QED) is 0.474. The van der Waals surface area contributed by atoms with E-state index in [1.165, 1.54) is 0 Å². The standard InChI is InChI=1S/C27H32ClFN8O/c1-30-25-32-26(36-11-9-35(2)10-12-36)34-27(33-25)37-8-7-18-13-19(3-4-21(18)17-37)24(38)31-16-20-5-6-23(28)14-22(20)15-29/h3-6,13-14H,7-12,15-17H2,1-2H3,(H,31,38)(H,30,32,33,34). The van der Waals surface area contributed by atoms with Gasteiger partial charge in [-0.1, -0.05) is 23.7 Å². The molecule has 0 aliphatic carbocycles. The average Bonchev–Trinajstić information content (AvgIpc) is 2.95. The zero-order valence-corrected chi connectivity index (χ0v) is 22.4. The number of nitrogens with zero attached hydrogens (tertiary/aromatic N) is 6. The number of rotatable bonds is 7. The van der Waals surface area contributed by atoms with Crippen molar-refractivity contribution in [2.45, 2.75) is 26.2 Å². The summed E-state index contributed by atoms with van der Waals surface area (Å²) in [5.41, 5.74) is 4.06. The second-order valence-corrected chi connectivity index (χ2v) is 10.1. The second kappa shape index (κ2) is 11.5. The maximum Gasteiger partial charge on any atom is 0.251 e. The number of nitrogens with one attached hydrogen (secondary N) is 2. The van der Waals surface area contributed by atoms with Crippen LogP contribution in [0.3, 0.4) is 0 Å². The second-order valence-electron chi connectivity index (χ2n) is 9.68. The van der Waals surface area contributed by atoms with Gasteiger partial charge in [0.05, 0.1) is 0 Å². The van der Waals surface area contributed by atoms with Crippen molar-refractivity contribution in [3.05, 3.63) is 69.2 Å². The van der Waals surface area contributed by atoms with Gasteiger partial charge in [0.15, 0.2) is 0 Å². The lowest BCUT2D eigenvalue weighted by Crippen LogP contribution is -2.45. The third-order valence-electron chi connectivity index (χ3n) is 7.14. The number of alkyl halides is 1. The van der Waals surface area contributed by atoms with E-state index < -0.39 is 6.67 Å². The Morgan fingerprint density at radius 3 is 2.45 bits per heavy atom. The van der Waals surface area contributed by atoms with Gasteiger partial charge < -0.3 is 25.3 Å². The van der Waals surface area contributed by atoms with Crippen LogP contribution in [-0.2, 0) is 26.2 Å².